The molecule has 0 aliphatic carbocycles. The highest BCUT2D eigenvalue weighted by atomic mass is 32.2. The van der Waals surface area contributed by atoms with E-state index in [0.29, 0.717) is 35.6 Å². The number of amides is 1. The fourth-order valence-corrected chi connectivity index (χ4v) is 5.07. The molecular formula is C21H19N7O5S. The van der Waals surface area contributed by atoms with Crippen molar-refractivity contribution in [2.24, 2.45) is 0 Å². The van der Waals surface area contributed by atoms with Crippen LogP contribution in [0, 0.1) is 0 Å². The van der Waals surface area contributed by atoms with Gasteiger partial charge in [0, 0.05) is 30.1 Å². The molecule has 4 heterocycles. The van der Waals surface area contributed by atoms with Crippen molar-refractivity contribution in [2.45, 2.75) is 4.90 Å². The Morgan fingerprint density at radius 2 is 1.94 bits per heavy atom. The van der Waals surface area contributed by atoms with Gasteiger partial charge in [0.25, 0.3) is 5.91 Å². The monoisotopic (exact) mass is 481 g/mol. The maximum Gasteiger partial charge on any atom is 0.256 e. The average Bonchev–Trinajstić information content (AvgIpc) is 3.39. The zero-order valence-electron chi connectivity index (χ0n) is 17.7. The normalized spacial score (nSPS) is 14.8. The Bertz CT molecular complexity index is 1510. The molecule has 0 saturated carbocycles. The molecule has 1 saturated heterocycles. The minimum atomic E-state index is -3.79. The summed E-state index contributed by atoms with van der Waals surface area (Å²) in [7, 11) is -3.79. The third-order valence-electron chi connectivity index (χ3n) is 5.33. The lowest BCUT2D eigenvalue weighted by atomic mass is 10.1. The number of pyridine rings is 2. The molecule has 0 spiro atoms. The van der Waals surface area contributed by atoms with Gasteiger partial charge in [0.15, 0.2) is 5.82 Å². The number of rotatable bonds is 5. The second kappa shape index (κ2) is 8.78. The molecule has 34 heavy (non-hydrogen) atoms. The van der Waals surface area contributed by atoms with Gasteiger partial charge >= 0.3 is 0 Å². The first kappa shape index (κ1) is 21.9. The van der Waals surface area contributed by atoms with Gasteiger partial charge in [-0.1, -0.05) is 0 Å². The minimum Gasteiger partial charge on any atom is -0.379 e. The van der Waals surface area contributed by atoms with Crippen LogP contribution in [-0.4, -0.2) is 69.7 Å². The summed E-state index contributed by atoms with van der Waals surface area (Å²) in [6.07, 6.45) is 4.31. The number of hydrogen-bond donors (Lipinski definition) is 2. The van der Waals surface area contributed by atoms with Crippen molar-refractivity contribution in [3.63, 3.8) is 0 Å². The Morgan fingerprint density at radius 3 is 2.65 bits per heavy atom. The molecule has 0 radical (unpaired) electrons. The molecule has 1 aromatic carbocycles. The highest BCUT2D eigenvalue weighted by Crippen LogP contribution is 2.24. The van der Waals surface area contributed by atoms with Gasteiger partial charge < -0.3 is 15.0 Å². The van der Waals surface area contributed by atoms with Crippen molar-refractivity contribution in [1.29, 1.82) is 0 Å². The van der Waals surface area contributed by atoms with E-state index < -0.39 is 21.5 Å². The number of carbonyl (C=O) groups excluding carboxylic acids is 1. The summed E-state index contributed by atoms with van der Waals surface area (Å²) < 4.78 is 34.2. The van der Waals surface area contributed by atoms with E-state index in [2.05, 4.69) is 25.4 Å². The Balaban J connectivity index is 1.47. The fraction of sp³-hybridized carbons (Fsp3) is 0.190. The highest BCUT2D eigenvalue weighted by molar-refractivity contribution is 7.89. The lowest BCUT2D eigenvalue weighted by Gasteiger charge is -2.26. The fourth-order valence-electron chi connectivity index (χ4n) is 3.64. The Hall–Kier alpha value is -3.94. The maximum absolute atomic E-state index is 13.1. The van der Waals surface area contributed by atoms with Crippen LogP contribution in [0.25, 0.3) is 16.7 Å². The van der Waals surface area contributed by atoms with Gasteiger partial charge in [-0.15, -0.1) is 0 Å². The zero-order valence-corrected chi connectivity index (χ0v) is 18.5. The largest absolute Gasteiger partial charge is 0.379 e. The second-order valence-corrected chi connectivity index (χ2v) is 9.41. The van der Waals surface area contributed by atoms with Crippen molar-refractivity contribution >= 4 is 32.5 Å². The van der Waals surface area contributed by atoms with Gasteiger partial charge in [-0.25, -0.2) is 23.1 Å². The molecule has 1 fully saturated rings. The van der Waals surface area contributed by atoms with Gasteiger partial charge in [0.05, 0.1) is 35.6 Å². The molecule has 3 aromatic heterocycles. The molecule has 0 bridgehead atoms. The van der Waals surface area contributed by atoms with Crippen LogP contribution in [0.2, 0.25) is 0 Å². The first-order chi connectivity index (χ1) is 16.4. The number of carbonyl (C=O) groups is 1. The molecule has 1 aliphatic heterocycles. The van der Waals surface area contributed by atoms with Crippen LogP contribution in [0.4, 0.5) is 5.69 Å². The first-order valence-corrected chi connectivity index (χ1v) is 11.7. The van der Waals surface area contributed by atoms with Crippen molar-refractivity contribution in [1.82, 2.24) is 29.0 Å². The predicted molar refractivity (Wildman–Crippen MR) is 121 cm³/mol. The number of aromatic amines is 1. The molecule has 174 valence electrons. The quantitative estimate of drug-likeness (QED) is 0.424. The molecule has 13 heteroatoms. The van der Waals surface area contributed by atoms with E-state index in [-0.39, 0.29) is 23.5 Å². The van der Waals surface area contributed by atoms with Crippen molar-refractivity contribution in [2.75, 3.05) is 31.6 Å². The molecule has 5 rings (SSSR count). The van der Waals surface area contributed by atoms with Crippen LogP contribution < -0.4 is 10.9 Å². The first-order valence-electron chi connectivity index (χ1n) is 10.3. The van der Waals surface area contributed by atoms with Gasteiger partial charge in [0.2, 0.25) is 15.6 Å². The molecule has 12 nitrogen and oxygen atoms in total. The number of ether oxygens (including phenoxy) is 1. The van der Waals surface area contributed by atoms with E-state index in [1.54, 1.807) is 12.1 Å². The lowest BCUT2D eigenvalue weighted by molar-refractivity contribution is 0.0730. The molecule has 1 amide bonds. The van der Waals surface area contributed by atoms with Gasteiger partial charge in [0.1, 0.15) is 12.7 Å². The second-order valence-electron chi connectivity index (χ2n) is 7.47. The predicted octanol–water partition coefficient (Wildman–Crippen LogP) is 0.777. The lowest BCUT2D eigenvalue weighted by Crippen LogP contribution is -2.40. The standard InChI is InChI=1S/C21H19N7O5S/c29-20-10-17(21(30)25-14-1-4-19(23-11-14)28-13-22-12-24-28)16-9-15(2-3-18(16)26-20)34(31,32)27-5-7-33-8-6-27/h1-4,9-13H,5-8H2,(H,25,30)(H,26,29). The SMILES string of the molecule is O=C(Nc1ccc(-n2cncn2)nc1)c1cc(=O)[nH]c2ccc(S(=O)(=O)N3CCOCC3)cc12. The number of sulfonamides is 1. The van der Waals surface area contributed by atoms with Gasteiger partial charge in [-0.05, 0) is 30.3 Å². The van der Waals surface area contributed by atoms with Crippen molar-refractivity contribution in [3.05, 3.63) is 71.2 Å². The van der Waals surface area contributed by atoms with Crippen LogP contribution in [-0.2, 0) is 14.8 Å². The number of anilines is 1. The van der Waals surface area contributed by atoms with Crippen LogP contribution in [0.5, 0.6) is 0 Å². The van der Waals surface area contributed by atoms with E-state index in [1.807, 2.05) is 0 Å². The van der Waals surface area contributed by atoms with Crippen LogP contribution in [0.3, 0.4) is 0 Å². The number of H-pyrrole nitrogens is 1. The highest BCUT2D eigenvalue weighted by Gasteiger charge is 2.27. The number of nitrogens with zero attached hydrogens (tertiary/aromatic N) is 5. The molecule has 4 aromatic rings. The Kier molecular flexibility index (Phi) is 5.65. The van der Waals surface area contributed by atoms with Crippen LogP contribution in [0.15, 0.2) is 64.9 Å². The van der Waals surface area contributed by atoms with E-state index in [1.165, 1.54) is 46.0 Å². The van der Waals surface area contributed by atoms with Gasteiger partial charge in [-0.3, -0.25) is 9.59 Å². The number of fused-ring (bicyclic) bond motifs is 1. The average molecular weight is 481 g/mol. The summed E-state index contributed by atoms with van der Waals surface area (Å²) in [5.74, 6) is -0.0672. The van der Waals surface area contributed by atoms with Crippen LogP contribution in [0.1, 0.15) is 10.4 Å². The van der Waals surface area contributed by atoms with Gasteiger partial charge in [-0.2, -0.15) is 9.40 Å². The number of benzene rings is 1. The van der Waals surface area contributed by atoms with E-state index in [9.17, 15) is 18.0 Å². The van der Waals surface area contributed by atoms with Crippen molar-refractivity contribution < 1.29 is 17.9 Å². The van der Waals surface area contributed by atoms with E-state index >= 15 is 0 Å². The molecule has 0 unspecified atom stereocenters. The van der Waals surface area contributed by atoms with Crippen molar-refractivity contribution in [3.8, 4) is 5.82 Å². The topological polar surface area (TPSA) is 152 Å². The number of nitrogens with one attached hydrogen (secondary N) is 2. The summed E-state index contributed by atoms with van der Waals surface area (Å²) in [6.45, 7) is 1.13. The third kappa shape index (κ3) is 4.19. The number of hydrogen-bond acceptors (Lipinski definition) is 8. The maximum atomic E-state index is 13.1. The smallest absolute Gasteiger partial charge is 0.256 e. The molecular weight excluding hydrogens is 462 g/mol. The number of aromatic nitrogens is 5. The summed E-state index contributed by atoms with van der Waals surface area (Å²) >= 11 is 0. The summed E-state index contributed by atoms with van der Waals surface area (Å²) in [5, 5.41) is 6.99. The minimum absolute atomic E-state index is 0.0295. The summed E-state index contributed by atoms with van der Waals surface area (Å²) in [4.78, 5) is 36.0. The Morgan fingerprint density at radius 1 is 1.12 bits per heavy atom. The zero-order chi connectivity index (χ0) is 23.7. The Labute approximate surface area is 193 Å². The van der Waals surface area contributed by atoms with Crippen LogP contribution >= 0.6 is 0 Å². The molecule has 2 N–H and O–H groups in total. The summed E-state index contributed by atoms with van der Waals surface area (Å²) in [6, 6.07) is 8.71. The molecule has 0 atom stereocenters. The van der Waals surface area contributed by atoms with E-state index in [0.717, 1.165) is 6.07 Å². The molecule has 1 aliphatic rings. The summed E-state index contributed by atoms with van der Waals surface area (Å²) in [5.41, 5.74) is 0.289. The number of morpholine rings is 1. The van der Waals surface area contributed by atoms with E-state index in [4.69, 9.17) is 4.74 Å². The third-order valence-corrected chi connectivity index (χ3v) is 7.22.